The van der Waals surface area contributed by atoms with Crippen molar-refractivity contribution >= 4 is 0 Å². The van der Waals surface area contributed by atoms with Crippen LogP contribution in [0.3, 0.4) is 0 Å². The van der Waals surface area contributed by atoms with E-state index in [1.807, 2.05) is 30.1 Å². The smallest absolute Gasteiger partial charge is 0.357 e. The Morgan fingerprint density at radius 3 is 2.44 bits per heavy atom. The number of aromatic nitrogens is 1. The lowest BCUT2D eigenvalue weighted by Gasteiger charge is -2.30. The van der Waals surface area contributed by atoms with E-state index in [4.69, 9.17) is 0 Å². The summed E-state index contributed by atoms with van der Waals surface area (Å²) < 4.78 is 39.5. The van der Waals surface area contributed by atoms with Crippen molar-refractivity contribution in [3.8, 4) is 0 Å². The zero-order chi connectivity index (χ0) is 13.2. The zero-order valence-corrected chi connectivity index (χ0v) is 10.5. The Bertz CT molecular complexity index is 376. The van der Waals surface area contributed by atoms with Gasteiger partial charge in [-0.1, -0.05) is 0 Å². The molecule has 0 radical (unpaired) electrons. The quantitative estimate of drug-likeness (QED) is 0.883. The van der Waals surface area contributed by atoms with Crippen molar-refractivity contribution in [2.24, 2.45) is 13.0 Å². The van der Waals surface area contributed by atoms with Gasteiger partial charge in [0.2, 0.25) is 0 Å². The van der Waals surface area contributed by atoms with E-state index in [1.165, 1.54) is 5.56 Å². The standard InChI is InChI=1S/C13H19F3N2/c1-18-7-6-10(9-18)8-17-12-4-2-11(3-5-12)13(14,15)16/h6-7,9,11-12,17H,2-5,8H2,1H3. The molecule has 2 rings (SSSR count). The SMILES string of the molecule is Cn1ccc(CNC2CCC(C(F)(F)F)CC2)c1. The van der Waals surface area contributed by atoms with Crippen molar-refractivity contribution in [3.05, 3.63) is 24.0 Å². The van der Waals surface area contributed by atoms with Crippen LogP contribution in [-0.4, -0.2) is 16.8 Å². The van der Waals surface area contributed by atoms with Crippen LogP contribution in [0.2, 0.25) is 0 Å². The minimum atomic E-state index is -4.01. The fourth-order valence-corrected chi connectivity index (χ4v) is 2.55. The summed E-state index contributed by atoms with van der Waals surface area (Å²) in [6, 6.07) is 2.25. The van der Waals surface area contributed by atoms with E-state index in [-0.39, 0.29) is 18.9 Å². The lowest BCUT2D eigenvalue weighted by atomic mass is 9.85. The van der Waals surface area contributed by atoms with E-state index < -0.39 is 12.1 Å². The van der Waals surface area contributed by atoms with Crippen molar-refractivity contribution in [1.82, 2.24) is 9.88 Å². The number of alkyl halides is 3. The van der Waals surface area contributed by atoms with Crippen LogP contribution in [-0.2, 0) is 13.6 Å². The van der Waals surface area contributed by atoms with Crippen LogP contribution in [0.4, 0.5) is 13.2 Å². The van der Waals surface area contributed by atoms with Gasteiger partial charge in [-0.15, -0.1) is 0 Å². The van der Waals surface area contributed by atoms with Crippen molar-refractivity contribution in [2.45, 2.75) is 44.4 Å². The summed E-state index contributed by atoms with van der Waals surface area (Å²) in [6.07, 6.45) is 1.75. The van der Waals surface area contributed by atoms with Crippen molar-refractivity contribution < 1.29 is 13.2 Å². The number of aryl methyl sites for hydroxylation is 1. The van der Waals surface area contributed by atoms with E-state index >= 15 is 0 Å². The van der Waals surface area contributed by atoms with Gasteiger partial charge in [-0.3, -0.25) is 0 Å². The van der Waals surface area contributed by atoms with Gasteiger partial charge in [0.25, 0.3) is 0 Å². The summed E-state index contributed by atoms with van der Waals surface area (Å²) in [5, 5.41) is 3.34. The summed E-state index contributed by atoms with van der Waals surface area (Å²) >= 11 is 0. The molecule has 0 amide bonds. The summed E-state index contributed by atoms with van der Waals surface area (Å²) in [6.45, 7) is 0.738. The third-order valence-electron chi connectivity index (χ3n) is 3.68. The molecule has 1 N–H and O–H groups in total. The highest BCUT2D eigenvalue weighted by Crippen LogP contribution is 2.37. The highest BCUT2D eigenvalue weighted by Gasteiger charge is 2.41. The van der Waals surface area contributed by atoms with Crippen molar-refractivity contribution in [1.29, 1.82) is 0 Å². The first-order chi connectivity index (χ1) is 8.45. The third-order valence-corrected chi connectivity index (χ3v) is 3.68. The fourth-order valence-electron chi connectivity index (χ4n) is 2.55. The Morgan fingerprint density at radius 2 is 1.94 bits per heavy atom. The highest BCUT2D eigenvalue weighted by molar-refractivity contribution is 5.09. The number of hydrogen-bond acceptors (Lipinski definition) is 1. The molecule has 1 aliphatic rings. The van der Waals surface area contributed by atoms with Gasteiger partial charge in [-0.25, -0.2) is 0 Å². The summed E-state index contributed by atoms with van der Waals surface area (Å²) in [4.78, 5) is 0. The van der Waals surface area contributed by atoms with Crippen LogP contribution in [0, 0.1) is 5.92 Å². The van der Waals surface area contributed by atoms with Gasteiger partial charge in [0.05, 0.1) is 5.92 Å². The highest BCUT2D eigenvalue weighted by atomic mass is 19.4. The lowest BCUT2D eigenvalue weighted by Crippen LogP contribution is -2.36. The van der Waals surface area contributed by atoms with Crippen molar-refractivity contribution in [2.75, 3.05) is 0 Å². The number of halogens is 3. The van der Waals surface area contributed by atoms with Gasteiger partial charge >= 0.3 is 6.18 Å². The first kappa shape index (κ1) is 13.5. The average molecular weight is 260 g/mol. The monoisotopic (exact) mass is 260 g/mol. The molecule has 1 aromatic rings. The van der Waals surface area contributed by atoms with E-state index in [0.717, 1.165) is 6.54 Å². The van der Waals surface area contributed by atoms with Crippen LogP contribution in [0.15, 0.2) is 18.5 Å². The number of nitrogens with zero attached hydrogens (tertiary/aromatic N) is 1. The van der Waals surface area contributed by atoms with E-state index in [2.05, 4.69) is 5.32 Å². The number of rotatable bonds is 3. The molecule has 1 fully saturated rings. The molecule has 1 saturated carbocycles. The maximum atomic E-state index is 12.5. The van der Waals surface area contributed by atoms with Crippen molar-refractivity contribution in [3.63, 3.8) is 0 Å². The topological polar surface area (TPSA) is 17.0 Å². The molecule has 0 aliphatic heterocycles. The predicted molar refractivity (Wildman–Crippen MR) is 64.1 cm³/mol. The molecule has 0 spiro atoms. The first-order valence-electron chi connectivity index (χ1n) is 6.36. The van der Waals surface area contributed by atoms with Gasteiger partial charge in [0.15, 0.2) is 0 Å². The summed E-state index contributed by atoms with van der Waals surface area (Å²) in [5.41, 5.74) is 1.18. The summed E-state index contributed by atoms with van der Waals surface area (Å²) in [7, 11) is 1.96. The predicted octanol–water partition coefficient (Wildman–Crippen LogP) is 3.24. The normalized spacial score (nSPS) is 25.3. The average Bonchev–Trinajstić information content (AvgIpc) is 2.72. The Kier molecular flexibility index (Phi) is 4.00. The Labute approximate surface area is 105 Å². The maximum Gasteiger partial charge on any atom is 0.391 e. The van der Waals surface area contributed by atoms with Crippen LogP contribution in [0.25, 0.3) is 0 Å². The van der Waals surface area contributed by atoms with Gasteiger partial charge < -0.3 is 9.88 Å². The molecular formula is C13H19F3N2. The molecule has 0 bridgehead atoms. The minimum Gasteiger partial charge on any atom is -0.357 e. The van der Waals surface area contributed by atoms with Gasteiger partial charge in [0, 0.05) is 32.0 Å². The molecule has 102 valence electrons. The van der Waals surface area contributed by atoms with E-state index in [1.54, 1.807) is 0 Å². The van der Waals surface area contributed by atoms with Crippen LogP contribution in [0.5, 0.6) is 0 Å². The second-order valence-electron chi connectivity index (χ2n) is 5.16. The molecule has 0 unspecified atom stereocenters. The van der Waals surface area contributed by atoms with Crippen LogP contribution < -0.4 is 5.32 Å². The molecular weight excluding hydrogens is 241 g/mol. The van der Waals surface area contributed by atoms with E-state index in [0.29, 0.717) is 12.8 Å². The molecule has 5 heteroatoms. The van der Waals surface area contributed by atoms with Gasteiger partial charge in [0.1, 0.15) is 0 Å². The van der Waals surface area contributed by atoms with Crippen LogP contribution in [0.1, 0.15) is 31.2 Å². The Morgan fingerprint density at radius 1 is 1.28 bits per heavy atom. The largest absolute Gasteiger partial charge is 0.391 e. The molecule has 18 heavy (non-hydrogen) atoms. The van der Waals surface area contributed by atoms with E-state index in [9.17, 15) is 13.2 Å². The Balaban J connectivity index is 1.74. The summed E-state index contributed by atoms with van der Waals surface area (Å²) in [5.74, 6) is -1.09. The number of nitrogens with one attached hydrogen (secondary N) is 1. The Hall–Kier alpha value is -0.970. The maximum absolute atomic E-state index is 12.5. The molecule has 1 heterocycles. The lowest BCUT2D eigenvalue weighted by molar-refractivity contribution is -0.182. The number of hydrogen-bond donors (Lipinski definition) is 1. The van der Waals surface area contributed by atoms with Gasteiger partial charge in [-0.2, -0.15) is 13.2 Å². The third kappa shape index (κ3) is 3.51. The minimum absolute atomic E-state index is 0.226. The molecule has 2 nitrogen and oxygen atoms in total. The fraction of sp³-hybridized carbons (Fsp3) is 0.692. The molecule has 1 aliphatic carbocycles. The second kappa shape index (κ2) is 5.34. The van der Waals surface area contributed by atoms with Gasteiger partial charge in [-0.05, 0) is 37.3 Å². The van der Waals surface area contributed by atoms with Crippen LogP contribution >= 0.6 is 0 Å². The zero-order valence-electron chi connectivity index (χ0n) is 10.5. The first-order valence-corrected chi connectivity index (χ1v) is 6.36. The molecule has 0 atom stereocenters. The molecule has 0 saturated heterocycles. The molecule has 1 aromatic heterocycles. The second-order valence-corrected chi connectivity index (χ2v) is 5.16. The molecule has 0 aromatic carbocycles.